The molecule has 6 N–H and O–H groups in total. The third-order valence-electron chi connectivity index (χ3n) is 10.7. The molecule has 7 unspecified atom stereocenters. The molecule has 7 atom stereocenters. The smallest absolute Gasteiger partial charge is 0.217 e. The van der Waals surface area contributed by atoms with Crippen molar-refractivity contribution in [3.63, 3.8) is 0 Å². The third kappa shape index (κ3) is 28.5. The van der Waals surface area contributed by atoms with Gasteiger partial charge in [0.05, 0.1) is 25.4 Å². The van der Waals surface area contributed by atoms with Crippen LogP contribution < -0.4 is 5.32 Å². The standard InChI is InChI=1S/C46H85NO8/c1-3-4-5-6-7-8-9-10-11-12-13-14-15-16-17-18-19-20-21-22-23-24-25-26-27-28-29-30-31-32-33-34-35-36-41(50)40(47-39(2)49)38-54-46-45(53)44(52)43(51)42(37-48)55-46/h27-28,31-32,35-36,40-46,48,50-53H,3-26,29-30,33-34,37-38H2,1-2H3,(H,47,49)/b28-27+,32-31+,36-35+. The first-order valence-electron chi connectivity index (χ1n) is 22.7. The van der Waals surface area contributed by atoms with Gasteiger partial charge in [-0.2, -0.15) is 0 Å². The lowest BCUT2D eigenvalue weighted by molar-refractivity contribution is -0.302. The Bertz CT molecular complexity index is 956. The van der Waals surface area contributed by atoms with Gasteiger partial charge in [-0.1, -0.05) is 185 Å². The Balaban J connectivity index is 1.94. The first-order chi connectivity index (χ1) is 26.8. The number of unbranched alkanes of at least 4 members (excludes halogenated alkanes) is 25. The van der Waals surface area contributed by atoms with Crippen molar-refractivity contribution >= 4 is 5.91 Å². The molecule has 1 saturated heterocycles. The molecule has 9 heteroatoms. The molecule has 0 saturated carbocycles. The van der Waals surface area contributed by atoms with Crippen LogP contribution in [0.3, 0.4) is 0 Å². The van der Waals surface area contributed by atoms with E-state index in [1.807, 2.05) is 6.08 Å². The van der Waals surface area contributed by atoms with Crippen molar-refractivity contribution in [3.05, 3.63) is 36.5 Å². The molecule has 1 heterocycles. The van der Waals surface area contributed by atoms with Crippen LogP contribution in [0.5, 0.6) is 0 Å². The summed E-state index contributed by atoms with van der Waals surface area (Å²) in [6.45, 7) is 2.82. The van der Waals surface area contributed by atoms with E-state index >= 15 is 0 Å². The molecule has 0 aromatic carbocycles. The maximum absolute atomic E-state index is 11.7. The van der Waals surface area contributed by atoms with Gasteiger partial charge in [0.15, 0.2) is 6.29 Å². The average molecular weight is 780 g/mol. The third-order valence-corrected chi connectivity index (χ3v) is 10.7. The van der Waals surface area contributed by atoms with Gasteiger partial charge >= 0.3 is 0 Å². The Morgan fingerprint density at radius 2 is 1.00 bits per heavy atom. The fraction of sp³-hybridized carbons (Fsp3) is 0.848. The van der Waals surface area contributed by atoms with E-state index in [9.17, 15) is 30.3 Å². The fourth-order valence-corrected chi connectivity index (χ4v) is 7.16. The maximum atomic E-state index is 11.7. The van der Waals surface area contributed by atoms with Crippen molar-refractivity contribution in [2.75, 3.05) is 13.2 Å². The van der Waals surface area contributed by atoms with Gasteiger partial charge < -0.3 is 40.3 Å². The first kappa shape index (κ1) is 51.4. The lowest BCUT2D eigenvalue weighted by atomic mass is 9.99. The summed E-state index contributed by atoms with van der Waals surface area (Å²) >= 11 is 0. The molecular weight excluding hydrogens is 695 g/mol. The number of hydrogen-bond donors (Lipinski definition) is 6. The van der Waals surface area contributed by atoms with E-state index in [0.29, 0.717) is 0 Å². The minimum atomic E-state index is -1.57. The summed E-state index contributed by atoms with van der Waals surface area (Å²) in [5.41, 5.74) is 0. The van der Waals surface area contributed by atoms with Gasteiger partial charge in [0.2, 0.25) is 5.91 Å². The number of amides is 1. The van der Waals surface area contributed by atoms with E-state index in [-0.39, 0.29) is 12.5 Å². The van der Waals surface area contributed by atoms with Crippen molar-refractivity contribution in [2.45, 2.75) is 236 Å². The van der Waals surface area contributed by atoms with E-state index in [0.717, 1.165) is 25.7 Å². The molecule has 1 aliphatic rings. The van der Waals surface area contributed by atoms with Gasteiger partial charge in [0.1, 0.15) is 24.4 Å². The van der Waals surface area contributed by atoms with Gasteiger partial charge in [0.25, 0.3) is 0 Å². The number of carbonyl (C=O) groups is 1. The normalized spacial score (nSPS) is 21.6. The number of carbonyl (C=O) groups excluding carboxylic acids is 1. The van der Waals surface area contributed by atoms with Crippen LogP contribution >= 0.6 is 0 Å². The summed E-state index contributed by atoms with van der Waals surface area (Å²) in [7, 11) is 0. The van der Waals surface area contributed by atoms with Crippen LogP contribution in [0.2, 0.25) is 0 Å². The summed E-state index contributed by atoms with van der Waals surface area (Å²) in [5, 5.41) is 52.6. The zero-order valence-corrected chi connectivity index (χ0v) is 35.2. The highest BCUT2D eigenvalue weighted by Gasteiger charge is 2.44. The minimum absolute atomic E-state index is 0.221. The Morgan fingerprint density at radius 1 is 0.600 bits per heavy atom. The predicted octanol–water partition coefficient (Wildman–Crippen LogP) is 9.28. The van der Waals surface area contributed by atoms with E-state index in [1.54, 1.807) is 6.08 Å². The quantitative estimate of drug-likeness (QED) is 0.0270. The van der Waals surface area contributed by atoms with E-state index < -0.39 is 49.5 Å². The number of rotatable bonds is 37. The fourth-order valence-electron chi connectivity index (χ4n) is 7.16. The maximum Gasteiger partial charge on any atom is 0.217 e. The van der Waals surface area contributed by atoms with Crippen molar-refractivity contribution in [1.29, 1.82) is 0 Å². The highest BCUT2D eigenvalue weighted by atomic mass is 16.7. The Kier molecular flexibility index (Phi) is 34.3. The first-order valence-corrected chi connectivity index (χ1v) is 22.7. The molecule has 0 aliphatic carbocycles. The SMILES string of the molecule is CCCCCCCCCCCCCCCCCCCCCCCCC/C=C/CC/C=C/CC/C=C/C(O)C(COC1OC(CO)C(O)C(O)C1O)NC(C)=O. The van der Waals surface area contributed by atoms with Crippen LogP contribution in [0.25, 0.3) is 0 Å². The molecule has 0 aromatic heterocycles. The monoisotopic (exact) mass is 780 g/mol. The second-order valence-electron chi connectivity index (χ2n) is 15.9. The van der Waals surface area contributed by atoms with Gasteiger partial charge in [-0.3, -0.25) is 4.79 Å². The van der Waals surface area contributed by atoms with Crippen molar-refractivity contribution in [2.24, 2.45) is 0 Å². The summed E-state index contributed by atoms with van der Waals surface area (Å²) in [6.07, 6.45) is 41.7. The second kappa shape index (κ2) is 36.7. The van der Waals surface area contributed by atoms with E-state index in [2.05, 4.69) is 36.5 Å². The molecule has 0 aromatic rings. The Morgan fingerprint density at radius 3 is 1.42 bits per heavy atom. The van der Waals surface area contributed by atoms with Gasteiger partial charge in [0, 0.05) is 6.92 Å². The van der Waals surface area contributed by atoms with Crippen LogP contribution in [0.1, 0.15) is 194 Å². The molecule has 1 aliphatic heterocycles. The van der Waals surface area contributed by atoms with Crippen molar-refractivity contribution in [3.8, 4) is 0 Å². The number of aliphatic hydroxyl groups is 5. The van der Waals surface area contributed by atoms with Crippen LogP contribution in [0.4, 0.5) is 0 Å². The van der Waals surface area contributed by atoms with Crippen LogP contribution in [-0.4, -0.2) is 87.5 Å². The van der Waals surface area contributed by atoms with Crippen LogP contribution in [-0.2, 0) is 14.3 Å². The predicted molar refractivity (Wildman–Crippen MR) is 226 cm³/mol. The summed E-state index contributed by atoms with van der Waals surface area (Å²) < 4.78 is 10.9. The van der Waals surface area contributed by atoms with Gasteiger partial charge in [-0.05, 0) is 38.5 Å². The van der Waals surface area contributed by atoms with Gasteiger partial charge in [-0.25, -0.2) is 0 Å². The van der Waals surface area contributed by atoms with E-state index in [1.165, 1.54) is 161 Å². The number of aliphatic hydroxyl groups excluding tert-OH is 5. The molecule has 55 heavy (non-hydrogen) atoms. The Hall–Kier alpha value is -1.59. The summed E-state index contributed by atoms with van der Waals surface area (Å²) in [5.74, 6) is -0.368. The lowest BCUT2D eigenvalue weighted by Crippen LogP contribution is -2.60. The largest absolute Gasteiger partial charge is 0.394 e. The number of nitrogens with one attached hydrogen (secondary N) is 1. The molecule has 9 nitrogen and oxygen atoms in total. The highest BCUT2D eigenvalue weighted by molar-refractivity contribution is 5.73. The molecule has 0 bridgehead atoms. The molecule has 0 spiro atoms. The van der Waals surface area contributed by atoms with Crippen molar-refractivity contribution < 1.29 is 39.8 Å². The van der Waals surface area contributed by atoms with E-state index in [4.69, 9.17) is 9.47 Å². The zero-order valence-electron chi connectivity index (χ0n) is 35.2. The molecular formula is C46H85NO8. The number of ether oxygens (including phenoxy) is 2. The average Bonchev–Trinajstić information content (AvgIpc) is 3.17. The molecule has 1 fully saturated rings. The topological polar surface area (TPSA) is 149 Å². The highest BCUT2D eigenvalue weighted by Crippen LogP contribution is 2.22. The number of hydrogen-bond acceptors (Lipinski definition) is 8. The Labute approximate surface area is 336 Å². The summed E-state index contributed by atoms with van der Waals surface area (Å²) in [4.78, 5) is 11.7. The van der Waals surface area contributed by atoms with Crippen LogP contribution in [0, 0.1) is 0 Å². The van der Waals surface area contributed by atoms with Gasteiger partial charge in [-0.15, -0.1) is 0 Å². The molecule has 1 amide bonds. The zero-order chi connectivity index (χ0) is 40.2. The second-order valence-corrected chi connectivity index (χ2v) is 15.9. The molecule has 0 radical (unpaired) electrons. The van der Waals surface area contributed by atoms with Crippen LogP contribution in [0.15, 0.2) is 36.5 Å². The van der Waals surface area contributed by atoms with Crippen molar-refractivity contribution in [1.82, 2.24) is 5.32 Å². The minimum Gasteiger partial charge on any atom is -0.394 e. The summed E-state index contributed by atoms with van der Waals surface area (Å²) in [6, 6.07) is -0.827. The molecule has 1 rings (SSSR count). The molecule has 322 valence electrons. The lowest BCUT2D eigenvalue weighted by Gasteiger charge is -2.40. The number of allylic oxidation sites excluding steroid dienone is 5.